The molecular formula is C13H19ClN2O. The molecule has 0 atom stereocenters. The highest BCUT2D eigenvalue weighted by molar-refractivity contribution is 6.30. The first-order valence-corrected chi connectivity index (χ1v) is 6.16. The van der Waals surface area contributed by atoms with Crippen molar-refractivity contribution in [2.75, 3.05) is 13.1 Å². The molecule has 1 aromatic carbocycles. The fraction of sp³-hybridized carbons (Fsp3) is 0.462. The molecule has 3 nitrogen and oxygen atoms in total. The van der Waals surface area contributed by atoms with Crippen LogP contribution in [0.15, 0.2) is 18.2 Å². The normalized spacial score (nSPS) is 10.6. The molecule has 0 aliphatic rings. The van der Waals surface area contributed by atoms with E-state index >= 15 is 0 Å². The van der Waals surface area contributed by atoms with Crippen molar-refractivity contribution < 1.29 is 4.79 Å². The van der Waals surface area contributed by atoms with Crippen molar-refractivity contribution in [2.45, 2.75) is 26.8 Å². The summed E-state index contributed by atoms with van der Waals surface area (Å²) < 4.78 is 0. The molecule has 0 aliphatic carbocycles. The fourth-order valence-corrected chi connectivity index (χ4v) is 1.74. The van der Waals surface area contributed by atoms with Gasteiger partial charge in [-0.05, 0) is 30.7 Å². The van der Waals surface area contributed by atoms with E-state index in [1.165, 1.54) is 0 Å². The molecule has 17 heavy (non-hydrogen) atoms. The Morgan fingerprint density at radius 2 is 2.06 bits per heavy atom. The topological polar surface area (TPSA) is 41.1 Å². The van der Waals surface area contributed by atoms with Gasteiger partial charge < -0.3 is 10.6 Å². The number of halogens is 1. The Morgan fingerprint density at radius 1 is 1.35 bits per heavy atom. The molecule has 0 spiro atoms. The molecule has 0 aliphatic heterocycles. The van der Waals surface area contributed by atoms with Gasteiger partial charge in [-0.15, -0.1) is 0 Å². The van der Waals surface area contributed by atoms with Gasteiger partial charge in [0, 0.05) is 29.7 Å². The summed E-state index contributed by atoms with van der Waals surface area (Å²) in [6.45, 7) is 7.43. The van der Waals surface area contributed by atoms with Crippen LogP contribution in [0.25, 0.3) is 0 Å². The highest BCUT2D eigenvalue weighted by atomic mass is 35.5. The van der Waals surface area contributed by atoms with Crippen molar-refractivity contribution in [3.63, 3.8) is 0 Å². The summed E-state index contributed by atoms with van der Waals surface area (Å²) in [6.07, 6.45) is 0. The summed E-state index contributed by atoms with van der Waals surface area (Å²) >= 11 is 5.84. The van der Waals surface area contributed by atoms with Gasteiger partial charge in [0.1, 0.15) is 0 Å². The Kier molecular flexibility index (Phi) is 5.45. The van der Waals surface area contributed by atoms with Crippen molar-refractivity contribution in [3.8, 4) is 0 Å². The molecule has 0 heterocycles. The van der Waals surface area contributed by atoms with Gasteiger partial charge in [0.25, 0.3) is 5.91 Å². The van der Waals surface area contributed by atoms with E-state index in [9.17, 15) is 4.79 Å². The first-order valence-electron chi connectivity index (χ1n) is 5.78. The lowest BCUT2D eigenvalue weighted by molar-refractivity contribution is 0.0953. The second-order valence-corrected chi connectivity index (χ2v) is 4.76. The highest BCUT2D eigenvalue weighted by Gasteiger charge is 2.08. The van der Waals surface area contributed by atoms with Gasteiger partial charge in [-0.3, -0.25) is 4.79 Å². The third-order valence-electron chi connectivity index (χ3n) is 2.40. The summed E-state index contributed by atoms with van der Waals surface area (Å²) in [6, 6.07) is 5.71. The van der Waals surface area contributed by atoms with Crippen molar-refractivity contribution in [1.29, 1.82) is 0 Å². The monoisotopic (exact) mass is 254 g/mol. The Labute approximate surface area is 108 Å². The molecule has 0 saturated carbocycles. The largest absolute Gasteiger partial charge is 0.351 e. The highest BCUT2D eigenvalue weighted by Crippen LogP contribution is 2.14. The van der Waals surface area contributed by atoms with Crippen LogP contribution in [0.5, 0.6) is 0 Å². The van der Waals surface area contributed by atoms with Crippen molar-refractivity contribution in [2.24, 2.45) is 0 Å². The van der Waals surface area contributed by atoms with E-state index in [-0.39, 0.29) is 5.91 Å². The van der Waals surface area contributed by atoms with Crippen LogP contribution in [0.3, 0.4) is 0 Å². The van der Waals surface area contributed by atoms with Crippen LogP contribution >= 0.6 is 11.6 Å². The second kappa shape index (κ2) is 6.62. The molecule has 0 aromatic heterocycles. The number of hydrogen-bond donors (Lipinski definition) is 2. The molecule has 0 radical (unpaired) electrons. The molecule has 1 aromatic rings. The Morgan fingerprint density at radius 3 is 2.65 bits per heavy atom. The zero-order chi connectivity index (χ0) is 12.8. The van der Waals surface area contributed by atoms with Crippen LogP contribution in [0.4, 0.5) is 0 Å². The van der Waals surface area contributed by atoms with E-state index in [0.717, 1.165) is 12.1 Å². The Balaban J connectivity index is 2.47. The number of rotatable bonds is 5. The molecular weight excluding hydrogens is 236 g/mol. The van der Waals surface area contributed by atoms with Crippen LogP contribution in [0, 0.1) is 6.92 Å². The summed E-state index contributed by atoms with van der Waals surface area (Å²) in [7, 11) is 0. The number of carbonyl (C=O) groups excluding carboxylic acids is 1. The molecule has 1 rings (SSSR count). The Bertz CT molecular complexity index is 391. The van der Waals surface area contributed by atoms with Gasteiger partial charge >= 0.3 is 0 Å². The Hall–Kier alpha value is -1.06. The summed E-state index contributed by atoms with van der Waals surface area (Å²) in [5.74, 6) is -0.0512. The summed E-state index contributed by atoms with van der Waals surface area (Å²) in [5.41, 5.74) is 1.57. The third kappa shape index (κ3) is 4.75. The molecule has 2 N–H and O–H groups in total. The van der Waals surface area contributed by atoms with Gasteiger partial charge in [-0.2, -0.15) is 0 Å². The molecule has 0 saturated heterocycles. The quantitative estimate of drug-likeness (QED) is 0.793. The van der Waals surface area contributed by atoms with Gasteiger partial charge in [0.05, 0.1) is 0 Å². The average molecular weight is 255 g/mol. The van der Waals surface area contributed by atoms with Crippen LogP contribution in [0.2, 0.25) is 5.02 Å². The van der Waals surface area contributed by atoms with Crippen LogP contribution in [-0.4, -0.2) is 25.0 Å². The summed E-state index contributed by atoms with van der Waals surface area (Å²) in [4.78, 5) is 11.8. The average Bonchev–Trinajstić information content (AvgIpc) is 2.23. The van der Waals surface area contributed by atoms with E-state index in [0.29, 0.717) is 23.2 Å². The maximum atomic E-state index is 11.8. The van der Waals surface area contributed by atoms with Crippen molar-refractivity contribution in [3.05, 3.63) is 34.3 Å². The minimum Gasteiger partial charge on any atom is -0.351 e. The predicted octanol–water partition coefficient (Wildman–Crippen LogP) is 2.38. The third-order valence-corrected chi connectivity index (χ3v) is 2.63. The lowest BCUT2D eigenvalue weighted by atomic mass is 10.1. The molecule has 0 bridgehead atoms. The predicted molar refractivity (Wildman–Crippen MR) is 71.7 cm³/mol. The number of aryl methyl sites for hydroxylation is 1. The SMILES string of the molecule is Cc1cc(Cl)ccc1C(=O)NCCNC(C)C. The van der Waals surface area contributed by atoms with E-state index in [4.69, 9.17) is 11.6 Å². The van der Waals surface area contributed by atoms with Crippen LogP contribution < -0.4 is 10.6 Å². The lowest BCUT2D eigenvalue weighted by Crippen LogP contribution is -2.34. The van der Waals surface area contributed by atoms with Gasteiger partial charge in [-0.25, -0.2) is 0 Å². The number of amides is 1. The molecule has 4 heteroatoms. The smallest absolute Gasteiger partial charge is 0.251 e. The van der Waals surface area contributed by atoms with Crippen molar-refractivity contribution >= 4 is 17.5 Å². The van der Waals surface area contributed by atoms with Crippen molar-refractivity contribution in [1.82, 2.24) is 10.6 Å². The molecule has 94 valence electrons. The number of carbonyl (C=O) groups is 1. The van der Waals surface area contributed by atoms with Gasteiger partial charge in [0.2, 0.25) is 0 Å². The maximum absolute atomic E-state index is 11.8. The molecule has 0 fully saturated rings. The van der Waals surface area contributed by atoms with Gasteiger partial charge in [-0.1, -0.05) is 25.4 Å². The number of nitrogens with one attached hydrogen (secondary N) is 2. The van der Waals surface area contributed by atoms with Gasteiger partial charge in [0.15, 0.2) is 0 Å². The second-order valence-electron chi connectivity index (χ2n) is 4.32. The fourth-order valence-electron chi connectivity index (χ4n) is 1.51. The van der Waals surface area contributed by atoms with E-state index in [1.807, 2.05) is 6.92 Å². The minimum atomic E-state index is -0.0512. The van der Waals surface area contributed by atoms with E-state index in [1.54, 1.807) is 18.2 Å². The van der Waals surface area contributed by atoms with Crippen LogP contribution in [0.1, 0.15) is 29.8 Å². The number of benzene rings is 1. The zero-order valence-corrected chi connectivity index (χ0v) is 11.3. The minimum absolute atomic E-state index is 0.0512. The van der Waals surface area contributed by atoms with Crippen LogP contribution in [-0.2, 0) is 0 Å². The zero-order valence-electron chi connectivity index (χ0n) is 10.5. The summed E-state index contributed by atoms with van der Waals surface area (Å²) in [5, 5.41) is 6.76. The standard InChI is InChI=1S/C13H19ClN2O/c1-9(2)15-6-7-16-13(17)12-5-4-11(14)8-10(12)3/h4-5,8-9,15H,6-7H2,1-3H3,(H,16,17). The molecule has 0 unspecified atom stereocenters. The first-order chi connectivity index (χ1) is 8.00. The lowest BCUT2D eigenvalue weighted by Gasteiger charge is -2.10. The number of hydrogen-bond acceptors (Lipinski definition) is 2. The maximum Gasteiger partial charge on any atom is 0.251 e. The first kappa shape index (κ1) is 14.0. The molecule has 1 amide bonds. The van der Waals surface area contributed by atoms with E-state index in [2.05, 4.69) is 24.5 Å². The van der Waals surface area contributed by atoms with E-state index < -0.39 is 0 Å².